The number of nitrogens with zero attached hydrogens (tertiary/aromatic N) is 1. The van der Waals surface area contributed by atoms with Gasteiger partial charge >= 0.3 is 0 Å². The number of anilines is 1. The van der Waals surface area contributed by atoms with Crippen LogP contribution in [-0.4, -0.2) is 39.6 Å². The monoisotopic (exact) mass is 414 g/mol. The van der Waals surface area contributed by atoms with E-state index in [9.17, 15) is 13.2 Å². The molecule has 0 aliphatic carbocycles. The number of ether oxygens (including phenoxy) is 2. The number of sulfonamides is 1. The molecule has 0 saturated heterocycles. The van der Waals surface area contributed by atoms with E-state index >= 15 is 0 Å². The Kier molecular flexibility index (Phi) is 5.71. The Morgan fingerprint density at radius 3 is 2.45 bits per heavy atom. The zero-order valence-electron chi connectivity index (χ0n) is 16.2. The van der Waals surface area contributed by atoms with E-state index in [0.717, 1.165) is 4.31 Å². The zero-order chi connectivity index (χ0) is 21.1. The van der Waals surface area contributed by atoms with Gasteiger partial charge in [0.25, 0.3) is 10.0 Å². The van der Waals surface area contributed by atoms with Crippen LogP contribution in [0.25, 0.3) is 0 Å². The van der Waals surface area contributed by atoms with Gasteiger partial charge in [-0.1, -0.05) is 24.1 Å². The second-order valence-corrected chi connectivity index (χ2v) is 8.83. The molecule has 0 fully saturated rings. The molecule has 0 atom stereocenters. The van der Waals surface area contributed by atoms with Crippen LogP contribution in [0.2, 0.25) is 0 Å². The quantitative estimate of drug-likeness (QED) is 0.733. The van der Waals surface area contributed by atoms with Crippen molar-refractivity contribution in [2.75, 3.05) is 24.1 Å². The van der Waals surface area contributed by atoms with Crippen molar-refractivity contribution < 1.29 is 22.7 Å². The van der Waals surface area contributed by atoms with E-state index in [1.807, 2.05) is 0 Å². The molecule has 2 aromatic carbocycles. The fourth-order valence-electron chi connectivity index (χ4n) is 2.78. The lowest BCUT2D eigenvalue weighted by Crippen LogP contribution is -2.48. The molecule has 2 aromatic rings. The number of carbonyl (C=O) groups is 1. The van der Waals surface area contributed by atoms with Crippen LogP contribution in [0, 0.1) is 12.3 Å². The first-order valence-corrected chi connectivity index (χ1v) is 10.4. The third-order valence-electron chi connectivity index (χ3n) is 4.24. The summed E-state index contributed by atoms with van der Waals surface area (Å²) in [5, 5.41) is 2.65. The smallest absolute Gasteiger partial charge is 0.264 e. The summed E-state index contributed by atoms with van der Waals surface area (Å²) in [5.41, 5.74) is -0.627. The van der Waals surface area contributed by atoms with Gasteiger partial charge in [-0.25, -0.2) is 8.42 Å². The molecule has 152 valence electrons. The van der Waals surface area contributed by atoms with Gasteiger partial charge < -0.3 is 14.8 Å². The summed E-state index contributed by atoms with van der Waals surface area (Å²) in [6, 6.07) is 12.7. The molecule has 1 N–H and O–H groups in total. The van der Waals surface area contributed by atoms with Crippen LogP contribution in [0.1, 0.15) is 13.8 Å². The Labute approximate surface area is 170 Å². The highest BCUT2D eigenvalue weighted by molar-refractivity contribution is 7.92. The van der Waals surface area contributed by atoms with Gasteiger partial charge in [0.15, 0.2) is 11.5 Å². The maximum Gasteiger partial charge on any atom is 0.264 e. The zero-order valence-corrected chi connectivity index (χ0v) is 17.0. The maximum absolute atomic E-state index is 13.3. The predicted molar refractivity (Wildman–Crippen MR) is 109 cm³/mol. The molecule has 0 radical (unpaired) electrons. The van der Waals surface area contributed by atoms with Crippen molar-refractivity contribution in [3.63, 3.8) is 0 Å². The number of carbonyl (C=O) groups excluding carboxylic acids is 1. The van der Waals surface area contributed by atoms with Gasteiger partial charge in [-0.05, 0) is 38.1 Å². The highest BCUT2D eigenvalue weighted by Gasteiger charge is 2.29. The van der Waals surface area contributed by atoms with Crippen LogP contribution in [0.15, 0.2) is 53.4 Å². The predicted octanol–water partition coefficient (Wildman–Crippen LogP) is 2.18. The molecule has 1 aliphatic heterocycles. The number of hydrogen-bond acceptors (Lipinski definition) is 5. The van der Waals surface area contributed by atoms with E-state index in [1.165, 1.54) is 12.1 Å². The number of nitrogens with one attached hydrogen (secondary N) is 1. The molecule has 1 heterocycles. The van der Waals surface area contributed by atoms with Gasteiger partial charge in [0, 0.05) is 6.07 Å². The van der Waals surface area contributed by atoms with Gasteiger partial charge in [0.05, 0.1) is 16.1 Å². The summed E-state index contributed by atoms with van der Waals surface area (Å²) in [7, 11) is -4.01. The van der Waals surface area contributed by atoms with Crippen LogP contribution in [-0.2, 0) is 14.8 Å². The molecule has 3 rings (SSSR count). The highest BCUT2D eigenvalue weighted by Crippen LogP contribution is 2.35. The summed E-state index contributed by atoms with van der Waals surface area (Å²) in [4.78, 5) is 12.7. The summed E-state index contributed by atoms with van der Waals surface area (Å²) < 4.78 is 38.7. The normalized spacial score (nSPS) is 13.3. The Morgan fingerprint density at radius 1 is 1.14 bits per heavy atom. The van der Waals surface area contributed by atoms with E-state index in [4.69, 9.17) is 15.9 Å². The van der Waals surface area contributed by atoms with Crippen LogP contribution in [0.4, 0.5) is 5.69 Å². The van der Waals surface area contributed by atoms with Crippen molar-refractivity contribution >= 4 is 21.6 Å². The Hall–Kier alpha value is -3.18. The lowest BCUT2D eigenvalue weighted by molar-refractivity contribution is -0.120. The summed E-state index contributed by atoms with van der Waals surface area (Å²) >= 11 is 0. The minimum Gasteiger partial charge on any atom is -0.486 e. The molecule has 29 heavy (non-hydrogen) atoms. The van der Waals surface area contributed by atoms with Crippen LogP contribution >= 0.6 is 0 Å². The van der Waals surface area contributed by atoms with E-state index in [1.54, 1.807) is 50.2 Å². The second-order valence-electron chi connectivity index (χ2n) is 6.97. The van der Waals surface area contributed by atoms with Crippen molar-refractivity contribution in [1.29, 1.82) is 0 Å². The lowest BCUT2D eigenvalue weighted by atomic mass is 10.1. The van der Waals surface area contributed by atoms with Crippen LogP contribution in [0.5, 0.6) is 11.5 Å². The highest BCUT2D eigenvalue weighted by atomic mass is 32.2. The molecule has 8 heteroatoms. The van der Waals surface area contributed by atoms with Crippen molar-refractivity contribution in [3.8, 4) is 23.8 Å². The SMILES string of the molecule is C#CC(C)(C)NC(=O)CN(c1ccc2c(c1)OCCO2)S(=O)(=O)c1ccccc1. The fourth-order valence-corrected chi connectivity index (χ4v) is 4.21. The average Bonchev–Trinajstić information content (AvgIpc) is 2.72. The van der Waals surface area contributed by atoms with Crippen molar-refractivity contribution in [2.24, 2.45) is 0 Å². The third kappa shape index (κ3) is 4.63. The molecule has 0 aromatic heterocycles. The molecular formula is C21H22N2O5S. The summed E-state index contributed by atoms with van der Waals surface area (Å²) in [6.45, 7) is 3.65. The van der Waals surface area contributed by atoms with Crippen molar-refractivity contribution in [1.82, 2.24) is 5.32 Å². The van der Waals surface area contributed by atoms with Gasteiger partial charge in [0.1, 0.15) is 19.8 Å². The van der Waals surface area contributed by atoms with E-state index in [0.29, 0.717) is 24.7 Å². The van der Waals surface area contributed by atoms with Crippen LogP contribution in [0.3, 0.4) is 0 Å². The fraction of sp³-hybridized carbons (Fsp3) is 0.286. The standard InChI is InChI=1S/C21H22N2O5S/c1-4-21(2,3)22-20(24)15-23(29(25,26)17-8-6-5-7-9-17)16-10-11-18-19(14-16)28-13-12-27-18/h1,5-11,14H,12-13,15H2,2-3H3,(H,22,24). The molecular weight excluding hydrogens is 392 g/mol. The minimum atomic E-state index is -4.01. The van der Waals surface area contributed by atoms with Gasteiger partial charge in [-0.3, -0.25) is 9.10 Å². The number of rotatable bonds is 6. The molecule has 1 aliphatic rings. The lowest BCUT2D eigenvalue weighted by Gasteiger charge is -2.27. The number of hydrogen-bond donors (Lipinski definition) is 1. The van der Waals surface area contributed by atoms with E-state index in [-0.39, 0.29) is 10.6 Å². The summed E-state index contributed by atoms with van der Waals surface area (Å²) in [5.74, 6) is 2.88. The minimum absolute atomic E-state index is 0.0684. The molecule has 1 amide bonds. The summed E-state index contributed by atoms with van der Waals surface area (Å²) in [6.07, 6.45) is 5.42. The Balaban J connectivity index is 2.00. The number of terminal acetylenes is 1. The number of fused-ring (bicyclic) bond motifs is 1. The Morgan fingerprint density at radius 2 is 1.79 bits per heavy atom. The number of amides is 1. The van der Waals surface area contributed by atoms with Gasteiger partial charge in [-0.2, -0.15) is 0 Å². The Bertz CT molecular complexity index is 1040. The topological polar surface area (TPSA) is 84.9 Å². The second kappa shape index (κ2) is 8.05. The molecule has 0 saturated carbocycles. The van der Waals surface area contributed by atoms with E-state index in [2.05, 4.69) is 11.2 Å². The van der Waals surface area contributed by atoms with E-state index < -0.39 is 28.0 Å². The van der Waals surface area contributed by atoms with Crippen LogP contribution < -0.4 is 19.1 Å². The van der Waals surface area contributed by atoms with Crippen molar-refractivity contribution in [2.45, 2.75) is 24.3 Å². The first-order valence-electron chi connectivity index (χ1n) is 8.99. The van der Waals surface area contributed by atoms with Crippen molar-refractivity contribution in [3.05, 3.63) is 48.5 Å². The molecule has 7 nitrogen and oxygen atoms in total. The first kappa shape index (κ1) is 20.6. The molecule has 0 unspecified atom stereocenters. The van der Waals surface area contributed by atoms with Gasteiger partial charge in [0.2, 0.25) is 5.91 Å². The average molecular weight is 414 g/mol. The number of benzene rings is 2. The third-order valence-corrected chi connectivity index (χ3v) is 6.03. The van der Waals surface area contributed by atoms with Gasteiger partial charge in [-0.15, -0.1) is 6.42 Å². The maximum atomic E-state index is 13.3. The molecule has 0 spiro atoms. The largest absolute Gasteiger partial charge is 0.486 e. The first-order chi connectivity index (χ1) is 13.7. The molecule has 0 bridgehead atoms.